The molecule has 0 saturated carbocycles. The van der Waals surface area contributed by atoms with Crippen molar-refractivity contribution in [3.63, 3.8) is 0 Å². The van der Waals surface area contributed by atoms with Gasteiger partial charge in [-0.15, -0.1) is 6.42 Å². The molecule has 0 spiro atoms. The van der Waals surface area contributed by atoms with Gasteiger partial charge >= 0.3 is 0 Å². The second-order valence-electron chi connectivity index (χ2n) is 3.89. The zero-order valence-corrected chi connectivity index (χ0v) is 9.49. The molecule has 1 aromatic carbocycles. The molecule has 0 fully saturated rings. The topological polar surface area (TPSA) is 12.9 Å². The molecule has 0 saturated heterocycles. The fourth-order valence-corrected chi connectivity index (χ4v) is 1.74. The molecule has 2 aromatic rings. The first kappa shape index (κ1) is 10.4. The van der Waals surface area contributed by atoms with E-state index in [0.29, 0.717) is 0 Å². The van der Waals surface area contributed by atoms with Gasteiger partial charge in [-0.25, -0.2) is 0 Å². The van der Waals surface area contributed by atoms with Gasteiger partial charge in [-0.1, -0.05) is 29.7 Å². The van der Waals surface area contributed by atoms with E-state index in [0.717, 1.165) is 16.8 Å². The van der Waals surface area contributed by atoms with Crippen molar-refractivity contribution in [2.45, 2.75) is 13.8 Å². The van der Waals surface area contributed by atoms with Gasteiger partial charge in [0.25, 0.3) is 0 Å². The van der Waals surface area contributed by atoms with Gasteiger partial charge in [-0.05, 0) is 31.5 Å². The van der Waals surface area contributed by atoms with Crippen LogP contribution in [0, 0.1) is 26.2 Å². The Kier molecular flexibility index (Phi) is 2.74. The second-order valence-corrected chi connectivity index (χ2v) is 3.89. The summed E-state index contributed by atoms with van der Waals surface area (Å²) in [6, 6.07) is 10.2. The molecule has 1 aromatic heterocycles. The van der Waals surface area contributed by atoms with Gasteiger partial charge in [0.1, 0.15) is 0 Å². The van der Waals surface area contributed by atoms with E-state index in [1.165, 1.54) is 11.1 Å². The minimum absolute atomic E-state index is 0.813. The minimum atomic E-state index is 0.813. The van der Waals surface area contributed by atoms with E-state index in [2.05, 4.69) is 43.0 Å². The smallest absolute Gasteiger partial charge is 0.0705 e. The molecule has 78 valence electrons. The Labute approximate surface area is 96.2 Å². The van der Waals surface area contributed by atoms with E-state index in [1.807, 2.05) is 12.1 Å². The molecule has 16 heavy (non-hydrogen) atoms. The van der Waals surface area contributed by atoms with Crippen molar-refractivity contribution in [2.75, 3.05) is 0 Å². The van der Waals surface area contributed by atoms with Crippen LogP contribution in [0.5, 0.6) is 0 Å². The number of benzene rings is 1. The average Bonchev–Trinajstić information content (AvgIpc) is 2.29. The molecule has 0 atom stereocenters. The van der Waals surface area contributed by atoms with Gasteiger partial charge in [-0.2, -0.15) is 0 Å². The fraction of sp³-hybridized carbons (Fsp3) is 0.133. The van der Waals surface area contributed by atoms with Crippen LogP contribution < -0.4 is 0 Å². The van der Waals surface area contributed by atoms with Crippen LogP contribution in [0.1, 0.15) is 16.7 Å². The van der Waals surface area contributed by atoms with Crippen molar-refractivity contribution in [2.24, 2.45) is 0 Å². The lowest BCUT2D eigenvalue weighted by atomic mass is 10.0. The maximum atomic E-state index is 5.30. The second kappa shape index (κ2) is 4.20. The van der Waals surface area contributed by atoms with Gasteiger partial charge in [-0.3, -0.25) is 4.98 Å². The molecule has 1 heterocycles. The van der Waals surface area contributed by atoms with E-state index >= 15 is 0 Å². The van der Waals surface area contributed by atoms with Gasteiger partial charge in [0.2, 0.25) is 0 Å². The molecule has 1 heteroatoms. The Balaban J connectivity index is 2.47. The summed E-state index contributed by atoms with van der Waals surface area (Å²) < 4.78 is 0. The normalized spacial score (nSPS) is 9.81. The Morgan fingerprint density at radius 3 is 2.50 bits per heavy atom. The molecule has 0 aliphatic carbocycles. The molecular weight excluding hydrogens is 194 g/mol. The molecule has 0 N–H and O–H groups in total. The summed E-state index contributed by atoms with van der Waals surface area (Å²) in [6.45, 7) is 4.19. The van der Waals surface area contributed by atoms with E-state index in [1.54, 1.807) is 6.20 Å². The summed E-state index contributed by atoms with van der Waals surface area (Å²) in [5.41, 5.74) is 5.45. The Bertz CT molecular complexity index is 545. The summed E-state index contributed by atoms with van der Waals surface area (Å²) in [5, 5.41) is 0. The Morgan fingerprint density at radius 1 is 1.12 bits per heavy atom. The first-order chi connectivity index (χ1) is 7.70. The molecule has 0 bridgehead atoms. The van der Waals surface area contributed by atoms with Crippen LogP contribution in [0.4, 0.5) is 0 Å². The van der Waals surface area contributed by atoms with Crippen molar-refractivity contribution in [1.82, 2.24) is 4.98 Å². The highest BCUT2D eigenvalue weighted by Crippen LogP contribution is 2.22. The maximum absolute atomic E-state index is 5.30. The summed E-state index contributed by atoms with van der Waals surface area (Å²) in [6.07, 6.45) is 7.03. The average molecular weight is 207 g/mol. The highest BCUT2D eigenvalue weighted by molar-refractivity contribution is 5.64. The predicted molar refractivity (Wildman–Crippen MR) is 67.1 cm³/mol. The quantitative estimate of drug-likeness (QED) is 0.653. The van der Waals surface area contributed by atoms with Crippen molar-refractivity contribution in [3.05, 3.63) is 53.2 Å². The third kappa shape index (κ3) is 1.97. The highest BCUT2D eigenvalue weighted by Gasteiger charge is 2.02. The number of aromatic nitrogens is 1. The van der Waals surface area contributed by atoms with Crippen LogP contribution in [-0.4, -0.2) is 4.98 Å². The molecule has 0 radical (unpaired) electrons. The lowest BCUT2D eigenvalue weighted by Crippen LogP contribution is -1.88. The van der Waals surface area contributed by atoms with Crippen LogP contribution >= 0.6 is 0 Å². The molecule has 0 aliphatic heterocycles. The SMILES string of the molecule is C#Cc1ccc(-c2ccc(C)cc2C)nc1. The number of aryl methyl sites for hydroxylation is 2. The Hall–Kier alpha value is -2.07. The van der Waals surface area contributed by atoms with Gasteiger partial charge in [0.05, 0.1) is 5.69 Å². The van der Waals surface area contributed by atoms with Crippen molar-refractivity contribution >= 4 is 0 Å². The number of hydrogen-bond acceptors (Lipinski definition) is 1. The zero-order chi connectivity index (χ0) is 11.5. The maximum Gasteiger partial charge on any atom is 0.0705 e. The first-order valence-electron chi connectivity index (χ1n) is 5.21. The highest BCUT2D eigenvalue weighted by atomic mass is 14.7. The number of hydrogen-bond donors (Lipinski definition) is 0. The Morgan fingerprint density at radius 2 is 1.94 bits per heavy atom. The predicted octanol–water partition coefficient (Wildman–Crippen LogP) is 3.35. The van der Waals surface area contributed by atoms with Gasteiger partial charge in [0.15, 0.2) is 0 Å². The summed E-state index contributed by atoms with van der Waals surface area (Å²) in [4.78, 5) is 4.37. The van der Waals surface area contributed by atoms with E-state index in [9.17, 15) is 0 Å². The van der Waals surface area contributed by atoms with Gasteiger partial charge in [0, 0.05) is 17.3 Å². The van der Waals surface area contributed by atoms with Crippen molar-refractivity contribution in [3.8, 4) is 23.6 Å². The lowest BCUT2D eigenvalue weighted by molar-refractivity contribution is 1.28. The number of terminal acetylenes is 1. The molecular formula is C15H13N. The summed E-state index contributed by atoms with van der Waals surface area (Å²) >= 11 is 0. The van der Waals surface area contributed by atoms with Crippen LogP contribution in [0.25, 0.3) is 11.3 Å². The molecule has 2 rings (SSSR count). The monoisotopic (exact) mass is 207 g/mol. The van der Waals surface area contributed by atoms with Crippen molar-refractivity contribution < 1.29 is 0 Å². The number of pyridine rings is 1. The first-order valence-corrected chi connectivity index (χ1v) is 5.21. The van der Waals surface area contributed by atoms with Crippen molar-refractivity contribution in [1.29, 1.82) is 0 Å². The van der Waals surface area contributed by atoms with E-state index in [4.69, 9.17) is 6.42 Å². The fourth-order valence-electron chi connectivity index (χ4n) is 1.74. The van der Waals surface area contributed by atoms with E-state index in [-0.39, 0.29) is 0 Å². The molecule has 1 nitrogen and oxygen atoms in total. The molecule has 0 aliphatic rings. The summed E-state index contributed by atoms with van der Waals surface area (Å²) in [7, 11) is 0. The van der Waals surface area contributed by atoms with Crippen LogP contribution in [0.15, 0.2) is 36.5 Å². The molecule has 0 unspecified atom stereocenters. The van der Waals surface area contributed by atoms with Gasteiger partial charge < -0.3 is 0 Å². The largest absolute Gasteiger partial charge is 0.255 e. The number of rotatable bonds is 1. The molecule has 0 amide bonds. The van der Waals surface area contributed by atoms with Crippen LogP contribution in [0.3, 0.4) is 0 Å². The number of nitrogens with zero attached hydrogens (tertiary/aromatic N) is 1. The lowest BCUT2D eigenvalue weighted by Gasteiger charge is -2.06. The third-order valence-corrected chi connectivity index (χ3v) is 2.59. The van der Waals surface area contributed by atoms with Crippen LogP contribution in [0.2, 0.25) is 0 Å². The van der Waals surface area contributed by atoms with Crippen LogP contribution in [-0.2, 0) is 0 Å². The van der Waals surface area contributed by atoms with E-state index < -0.39 is 0 Å². The zero-order valence-electron chi connectivity index (χ0n) is 9.49. The summed E-state index contributed by atoms with van der Waals surface area (Å²) in [5.74, 6) is 2.57. The standard InChI is InChI=1S/C15H13N/c1-4-13-6-8-15(16-10-13)14-7-5-11(2)9-12(14)3/h1,5-10H,2-3H3. The third-order valence-electron chi connectivity index (χ3n) is 2.59. The minimum Gasteiger partial charge on any atom is -0.255 e.